The van der Waals surface area contributed by atoms with Gasteiger partial charge in [-0.3, -0.25) is 0 Å². The highest BCUT2D eigenvalue weighted by Gasteiger charge is 2.23. The van der Waals surface area contributed by atoms with Gasteiger partial charge in [0.2, 0.25) is 0 Å². The van der Waals surface area contributed by atoms with Gasteiger partial charge in [0.05, 0.1) is 15.8 Å². The van der Waals surface area contributed by atoms with Crippen molar-refractivity contribution in [3.8, 4) is 0 Å². The number of halogens is 2. The van der Waals surface area contributed by atoms with E-state index in [1.165, 1.54) is 0 Å². The average molecular weight is 288 g/mol. The number of carboxylic acid groups (broad SMARTS) is 1. The predicted molar refractivity (Wildman–Crippen MR) is 70.5 cm³/mol. The van der Waals surface area contributed by atoms with Crippen molar-refractivity contribution < 1.29 is 9.90 Å². The number of hydrogen-bond acceptors (Lipinski definition) is 3. The number of hydrazone groups is 1. The molecule has 5 nitrogen and oxygen atoms in total. The number of rotatable bonds is 3. The monoisotopic (exact) mass is 287 g/mol. The maximum Gasteiger partial charge on any atom is 0.404 e. The molecule has 96 valence electrons. The van der Waals surface area contributed by atoms with Gasteiger partial charge < -0.3 is 15.8 Å². The van der Waals surface area contributed by atoms with E-state index in [1.807, 2.05) is 6.07 Å². The third-order valence-electron chi connectivity index (χ3n) is 2.64. The Morgan fingerprint density at radius 1 is 1.50 bits per heavy atom. The Morgan fingerprint density at radius 2 is 2.28 bits per heavy atom. The third-order valence-corrected chi connectivity index (χ3v) is 3.38. The van der Waals surface area contributed by atoms with Crippen LogP contribution in [0.1, 0.15) is 5.56 Å². The largest absolute Gasteiger partial charge is 0.465 e. The minimum Gasteiger partial charge on any atom is -0.465 e. The van der Waals surface area contributed by atoms with Gasteiger partial charge in [-0.1, -0.05) is 29.3 Å². The van der Waals surface area contributed by atoms with E-state index in [2.05, 4.69) is 15.8 Å². The lowest BCUT2D eigenvalue weighted by Gasteiger charge is -2.12. The standard InChI is InChI=1S/C11H11Cl2N3O2/c12-8-2-1-6(3-9(8)13)10-7(5-15-16-10)4-14-11(17)18/h1-3,7,14-15H,4-5H2,(H,17,18). The fraction of sp³-hybridized carbons (Fsp3) is 0.273. The zero-order valence-corrected chi connectivity index (χ0v) is 10.8. The second kappa shape index (κ2) is 5.46. The quantitative estimate of drug-likeness (QED) is 0.798. The Morgan fingerprint density at radius 3 is 2.94 bits per heavy atom. The number of amides is 1. The van der Waals surface area contributed by atoms with E-state index in [4.69, 9.17) is 28.3 Å². The van der Waals surface area contributed by atoms with Crippen molar-refractivity contribution in [2.45, 2.75) is 0 Å². The van der Waals surface area contributed by atoms with Crippen LogP contribution in [0.4, 0.5) is 4.79 Å². The Hall–Kier alpha value is -1.46. The summed E-state index contributed by atoms with van der Waals surface area (Å²) in [5, 5.41) is 16.1. The Labute approximate surface area is 114 Å². The maximum absolute atomic E-state index is 10.5. The smallest absolute Gasteiger partial charge is 0.404 e. The molecule has 0 aliphatic carbocycles. The first-order valence-corrected chi connectivity index (χ1v) is 6.06. The van der Waals surface area contributed by atoms with Crippen molar-refractivity contribution in [2.75, 3.05) is 13.1 Å². The molecule has 1 aromatic rings. The lowest BCUT2D eigenvalue weighted by atomic mass is 9.97. The third kappa shape index (κ3) is 2.86. The first kappa shape index (κ1) is 13.0. The van der Waals surface area contributed by atoms with Gasteiger partial charge in [-0.25, -0.2) is 4.79 Å². The van der Waals surface area contributed by atoms with Crippen molar-refractivity contribution in [3.63, 3.8) is 0 Å². The fourth-order valence-corrected chi connectivity index (χ4v) is 2.06. The summed E-state index contributed by atoms with van der Waals surface area (Å²) in [5.41, 5.74) is 4.48. The van der Waals surface area contributed by atoms with Crippen LogP contribution in [0.3, 0.4) is 0 Å². The van der Waals surface area contributed by atoms with E-state index in [0.29, 0.717) is 23.1 Å². The van der Waals surface area contributed by atoms with Crippen LogP contribution < -0.4 is 10.7 Å². The lowest BCUT2D eigenvalue weighted by Crippen LogP contribution is -2.33. The molecule has 1 atom stereocenters. The molecular formula is C11H11Cl2N3O2. The molecule has 0 radical (unpaired) electrons. The van der Waals surface area contributed by atoms with Gasteiger partial charge in [-0.2, -0.15) is 5.10 Å². The second-order valence-electron chi connectivity index (χ2n) is 3.87. The molecule has 0 fully saturated rings. The van der Waals surface area contributed by atoms with Crippen LogP contribution in [-0.2, 0) is 0 Å². The normalized spacial score (nSPS) is 18.1. The molecular weight excluding hydrogens is 277 g/mol. The van der Waals surface area contributed by atoms with E-state index >= 15 is 0 Å². The van der Waals surface area contributed by atoms with Crippen molar-refractivity contribution >= 4 is 35.0 Å². The zero-order valence-electron chi connectivity index (χ0n) is 9.28. The zero-order chi connectivity index (χ0) is 13.1. The molecule has 1 heterocycles. The van der Waals surface area contributed by atoms with Crippen LogP contribution in [-0.4, -0.2) is 30.0 Å². The van der Waals surface area contributed by atoms with Gasteiger partial charge in [0, 0.05) is 19.0 Å². The SMILES string of the molecule is O=C(O)NCC1CNN=C1c1ccc(Cl)c(Cl)c1. The first-order chi connectivity index (χ1) is 8.58. The molecule has 1 aliphatic rings. The van der Waals surface area contributed by atoms with Gasteiger partial charge in [-0.05, 0) is 17.7 Å². The van der Waals surface area contributed by atoms with E-state index in [0.717, 1.165) is 11.3 Å². The number of benzene rings is 1. The van der Waals surface area contributed by atoms with Crippen molar-refractivity contribution in [3.05, 3.63) is 33.8 Å². The van der Waals surface area contributed by atoms with E-state index in [-0.39, 0.29) is 5.92 Å². The van der Waals surface area contributed by atoms with E-state index < -0.39 is 6.09 Å². The molecule has 3 N–H and O–H groups in total. The number of carbonyl (C=O) groups is 1. The van der Waals surface area contributed by atoms with Gasteiger partial charge in [0.25, 0.3) is 0 Å². The molecule has 1 aliphatic heterocycles. The topological polar surface area (TPSA) is 73.7 Å². The molecule has 1 unspecified atom stereocenters. The minimum absolute atomic E-state index is 0.0154. The number of nitrogens with zero attached hydrogens (tertiary/aromatic N) is 1. The fourth-order valence-electron chi connectivity index (χ4n) is 1.76. The molecule has 18 heavy (non-hydrogen) atoms. The summed E-state index contributed by atoms with van der Waals surface area (Å²) in [7, 11) is 0. The average Bonchev–Trinajstić information content (AvgIpc) is 2.78. The highest BCUT2D eigenvalue weighted by Crippen LogP contribution is 2.24. The molecule has 2 rings (SSSR count). The summed E-state index contributed by atoms with van der Waals surface area (Å²) in [5.74, 6) is -0.0154. The van der Waals surface area contributed by atoms with Crippen molar-refractivity contribution in [2.24, 2.45) is 11.0 Å². The van der Waals surface area contributed by atoms with E-state index in [9.17, 15) is 4.79 Å². The van der Waals surface area contributed by atoms with Crippen molar-refractivity contribution in [1.29, 1.82) is 0 Å². The van der Waals surface area contributed by atoms with Gasteiger partial charge >= 0.3 is 6.09 Å². The molecule has 1 amide bonds. The Kier molecular flexibility index (Phi) is 3.93. The minimum atomic E-state index is -1.05. The molecule has 0 saturated carbocycles. The van der Waals surface area contributed by atoms with Crippen LogP contribution in [0.15, 0.2) is 23.3 Å². The summed E-state index contributed by atoms with van der Waals surface area (Å²) >= 11 is 11.8. The molecule has 0 bridgehead atoms. The molecule has 1 aromatic carbocycles. The Balaban J connectivity index is 2.15. The molecule has 0 saturated heterocycles. The van der Waals surface area contributed by atoms with Gasteiger partial charge in [0.1, 0.15) is 0 Å². The number of hydrogen-bond donors (Lipinski definition) is 3. The van der Waals surface area contributed by atoms with Crippen LogP contribution in [0.25, 0.3) is 0 Å². The summed E-state index contributed by atoms with van der Waals surface area (Å²) in [6, 6.07) is 5.24. The van der Waals surface area contributed by atoms with Crippen molar-refractivity contribution in [1.82, 2.24) is 10.7 Å². The van der Waals surface area contributed by atoms with Crippen LogP contribution in [0.2, 0.25) is 10.0 Å². The predicted octanol–water partition coefficient (Wildman–Crippen LogP) is 2.18. The first-order valence-electron chi connectivity index (χ1n) is 5.30. The summed E-state index contributed by atoms with van der Waals surface area (Å²) in [6.07, 6.45) is -1.05. The lowest BCUT2D eigenvalue weighted by molar-refractivity contribution is 0.193. The van der Waals surface area contributed by atoms with Crippen LogP contribution in [0, 0.1) is 5.92 Å². The van der Waals surface area contributed by atoms with Crippen LogP contribution in [0.5, 0.6) is 0 Å². The summed E-state index contributed by atoms with van der Waals surface area (Å²) in [6.45, 7) is 0.900. The maximum atomic E-state index is 10.5. The van der Waals surface area contributed by atoms with Gasteiger partial charge in [-0.15, -0.1) is 0 Å². The van der Waals surface area contributed by atoms with Crippen LogP contribution >= 0.6 is 23.2 Å². The molecule has 7 heteroatoms. The Bertz CT molecular complexity index is 505. The highest BCUT2D eigenvalue weighted by molar-refractivity contribution is 6.42. The number of nitrogens with one attached hydrogen (secondary N) is 2. The summed E-state index contributed by atoms with van der Waals surface area (Å²) < 4.78 is 0. The highest BCUT2D eigenvalue weighted by atomic mass is 35.5. The van der Waals surface area contributed by atoms with Gasteiger partial charge in [0.15, 0.2) is 0 Å². The molecule has 0 spiro atoms. The van der Waals surface area contributed by atoms with E-state index in [1.54, 1.807) is 12.1 Å². The molecule has 0 aromatic heterocycles. The summed E-state index contributed by atoms with van der Waals surface area (Å²) in [4.78, 5) is 10.5. The second-order valence-corrected chi connectivity index (χ2v) is 4.69.